The van der Waals surface area contributed by atoms with Crippen molar-refractivity contribution in [3.05, 3.63) is 65.2 Å². The summed E-state index contributed by atoms with van der Waals surface area (Å²) in [5.74, 6) is 0. The Kier molecular flexibility index (Phi) is 7.06. The highest BCUT2D eigenvalue weighted by Gasteiger charge is 2.14. The Hall–Kier alpha value is -2.08. The number of urea groups is 1. The molecule has 0 saturated heterocycles. The first-order valence-electron chi connectivity index (χ1n) is 7.62. The number of benzene rings is 2. The van der Waals surface area contributed by atoms with Gasteiger partial charge in [0.05, 0.1) is 25.9 Å². The van der Waals surface area contributed by atoms with Gasteiger partial charge >= 0.3 is 6.03 Å². The number of hydrogen-bond donors (Lipinski definition) is 2. The minimum absolute atomic E-state index is 0.156. The SMILES string of the molecule is CN(C[C@@H](O)COCc1ccccc1)C(=O)Nc1cccc(Cl)c1. The molecule has 128 valence electrons. The van der Waals surface area contributed by atoms with Crippen molar-refractivity contribution in [1.82, 2.24) is 4.90 Å². The standard InChI is InChI=1S/C18H21ClN2O3/c1-21(18(23)20-16-9-5-8-15(19)10-16)11-17(22)13-24-12-14-6-3-2-4-7-14/h2-10,17,22H,11-13H2,1H3,(H,20,23)/t17-/m1/s1. The largest absolute Gasteiger partial charge is 0.389 e. The molecule has 0 saturated carbocycles. The van der Waals surface area contributed by atoms with E-state index in [0.717, 1.165) is 5.56 Å². The summed E-state index contributed by atoms with van der Waals surface area (Å²) in [6, 6.07) is 16.3. The van der Waals surface area contributed by atoms with Gasteiger partial charge in [0, 0.05) is 17.8 Å². The fourth-order valence-corrected chi connectivity index (χ4v) is 2.31. The fourth-order valence-electron chi connectivity index (χ4n) is 2.12. The second-order valence-corrected chi connectivity index (χ2v) is 5.91. The Labute approximate surface area is 146 Å². The molecule has 24 heavy (non-hydrogen) atoms. The van der Waals surface area contributed by atoms with Gasteiger partial charge in [-0.1, -0.05) is 48.0 Å². The van der Waals surface area contributed by atoms with Crippen molar-refractivity contribution in [3.8, 4) is 0 Å². The number of hydrogen-bond acceptors (Lipinski definition) is 3. The monoisotopic (exact) mass is 348 g/mol. The van der Waals surface area contributed by atoms with Gasteiger partial charge in [0.2, 0.25) is 0 Å². The van der Waals surface area contributed by atoms with Crippen LogP contribution >= 0.6 is 11.6 Å². The Bertz CT molecular complexity index is 652. The van der Waals surface area contributed by atoms with Crippen LogP contribution in [-0.2, 0) is 11.3 Å². The van der Waals surface area contributed by atoms with E-state index in [2.05, 4.69) is 5.32 Å². The zero-order valence-corrected chi connectivity index (χ0v) is 14.2. The molecule has 0 aliphatic heterocycles. The summed E-state index contributed by atoms with van der Waals surface area (Å²) in [7, 11) is 1.61. The van der Waals surface area contributed by atoms with Crippen LogP contribution in [0.25, 0.3) is 0 Å². The lowest BCUT2D eigenvalue weighted by molar-refractivity contribution is 0.0188. The van der Waals surface area contributed by atoms with E-state index in [1.165, 1.54) is 4.90 Å². The van der Waals surface area contributed by atoms with Crippen molar-refractivity contribution in [2.45, 2.75) is 12.7 Å². The third-order valence-corrected chi connectivity index (χ3v) is 3.56. The highest BCUT2D eigenvalue weighted by molar-refractivity contribution is 6.30. The van der Waals surface area contributed by atoms with Gasteiger partial charge in [0.25, 0.3) is 0 Å². The van der Waals surface area contributed by atoms with Crippen molar-refractivity contribution in [3.63, 3.8) is 0 Å². The van der Waals surface area contributed by atoms with Crippen molar-refractivity contribution in [1.29, 1.82) is 0 Å². The summed E-state index contributed by atoms with van der Waals surface area (Å²) in [5, 5.41) is 13.3. The van der Waals surface area contributed by atoms with Gasteiger partial charge in [0.15, 0.2) is 0 Å². The minimum atomic E-state index is -0.760. The molecule has 0 aliphatic carbocycles. The Balaban J connectivity index is 1.72. The van der Waals surface area contributed by atoms with Gasteiger partial charge in [-0.05, 0) is 23.8 Å². The first-order valence-corrected chi connectivity index (χ1v) is 8.00. The van der Waals surface area contributed by atoms with Gasteiger partial charge in [-0.3, -0.25) is 0 Å². The third kappa shape index (κ3) is 6.20. The molecule has 0 unspecified atom stereocenters. The van der Waals surface area contributed by atoms with Crippen molar-refractivity contribution in [2.75, 3.05) is 25.5 Å². The molecule has 2 N–H and O–H groups in total. The van der Waals surface area contributed by atoms with Gasteiger partial charge in [-0.25, -0.2) is 4.79 Å². The van der Waals surface area contributed by atoms with Crippen LogP contribution in [0, 0.1) is 0 Å². The first-order chi connectivity index (χ1) is 11.5. The second kappa shape index (κ2) is 9.27. The molecular weight excluding hydrogens is 328 g/mol. The highest BCUT2D eigenvalue weighted by atomic mass is 35.5. The summed E-state index contributed by atoms with van der Waals surface area (Å²) in [6.07, 6.45) is -0.760. The number of ether oxygens (including phenoxy) is 1. The zero-order valence-electron chi connectivity index (χ0n) is 13.5. The number of aliphatic hydroxyl groups is 1. The predicted octanol–water partition coefficient (Wildman–Crippen LogP) is 3.38. The Morgan fingerprint density at radius 1 is 1.25 bits per heavy atom. The van der Waals surface area contributed by atoms with E-state index in [-0.39, 0.29) is 19.2 Å². The number of carbonyl (C=O) groups is 1. The van der Waals surface area contributed by atoms with Crippen LogP contribution in [0.5, 0.6) is 0 Å². The van der Waals surface area contributed by atoms with E-state index < -0.39 is 6.10 Å². The highest BCUT2D eigenvalue weighted by Crippen LogP contribution is 2.15. The molecule has 2 aromatic rings. The maximum atomic E-state index is 12.1. The average Bonchev–Trinajstić information content (AvgIpc) is 2.55. The lowest BCUT2D eigenvalue weighted by atomic mass is 10.2. The molecule has 2 rings (SSSR count). The van der Waals surface area contributed by atoms with E-state index in [9.17, 15) is 9.90 Å². The number of halogens is 1. The predicted molar refractivity (Wildman–Crippen MR) is 95.2 cm³/mol. The van der Waals surface area contributed by atoms with Crippen LogP contribution in [0.3, 0.4) is 0 Å². The number of amides is 2. The molecule has 0 aromatic heterocycles. The zero-order chi connectivity index (χ0) is 17.4. The van der Waals surface area contributed by atoms with Gasteiger partial charge in [-0.15, -0.1) is 0 Å². The normalized spacial score (nSPS) is 11.8. The van der Waals surface area contributed by atoms with Crippen molar-refractivity contribution >= 4 is 23.3 Å². The summed E-state index contributed by atoms with van der Waals surface area (Å²) in [6.45, 7) is 0.751. The van der Waals surface area contributed by atoms with Crippen molar-refractivity contribution < 1.29 is 14.6 Å². The van der Waals surface area contributed by atoms with Crippen molar-refractivity contribution in [2.24, 2.45) is 0 Å². The Morgan fingerprint density at radius 2 is 2.00 bits per heavy atom. The van der Waals surface area contributed by atoms with Crippen LogP contribution in [-0.4, -0.2) is 42.3 Å². The summed E-state index contributed by atoms with van der Waals surface area (Å²) in [5.41, 5.74) is 1.64. The van der Waals surface area contributed by atoms with Gasteiger partial charge in [0.1, 0.15) is 0 Å². The van der Waals surface area contributed by atoms with Gasteiger partial charge in [-0.2, -0.15) is 0 Å². The van der Waals surface area contributed by atoms with E-state index in [0.29, 0.717) is 17.3 Å². The molecular formula is C18H21ClN2O3. The van der Waals surface area contributed by atoms with Crippen LogP contribution in [0.15, 0.2) is 54.6 Å². The molecule has 2 aromatic carbocycles. The topological polar surface area (TPSA) is 61.8 Å². The number of carbonyl (C=O) groups excluding carboxylic acids is 1. The number of nitrogens with one attached hydrogen (secondary N) is 1. The molecule has 1 atom stereocenters. The molecule has 0 heterocycles. The summed E-state index contributed by atoms with van der Waals surface area (Å²) >= 11 is 5.88. The van der Waals surface area contributed by atoms with E-state index in [4.69, 9.17) is 16.3 Å². The number of anilines is 1. The molecule has 0 bridgehead atoms. The molecule has 5 nitrogen and oxygen atoms in total. The minimum Gasteiger partial charge on any atom is -0.389 e. The number of aliphatic hydroxyl groups excluding tert-OH is 1. The van der Waals surface area contributed by atoms with E-state index >= 15 is 0 Å². The molecule has 0 radical (unpaired) electrons. The lowest BCUT2D eigenvalue weighted by Crippen LogP contribution is -2.38. The smallest absolute Gasteiger partial charge is 0.321 e. The molecule has 0 fully saturated rings. The van der Waals surface area contributed by atoms with E-state index in [1.807, 2.05) is 30.3 Å². The van der Waals surface area contributed by atoms with Crippen LogP contribution in [0.4, 0.5) is 10.5 Å². The van der Waals surface area contributed by atoms with Crippen LogP contribution in [0.1, 0.15) is 5.56 Å². The second-order valence-electron chi connectivity index (χ2n) is 5.48. The molecule has 2 amide bonds. The van der Waals surface area contributed by atoms with E-state index in [1.54, 1.807) is 31.3 Å². The third-order valence-electron chi connectivity index (χ3n) is 3.33. The summed E-state index contributed by atoms with van der Waals surface area (Å²) < 4.78 is 5.47. The molecule has 0 aliphatic rings. The number of rotatable bonds is 7. The molecule has 0 spiro atoms. The maximum absolute atomic E-state index is 12.1. The first kappa shape index (κ1) is 18.3. The Morgan fingerprint density at radius 3 is 2.71 bits per heavy atom. The number of likely N-dealkylation sites (N-methyl/N-ethyl adjacent to an activating group) is 1. The number of nitrogens with zero attached hydrogens (tertiary/aromatic N) is 1. The van der Waals surface area contributed by atoms with Gasteiger partial charge < -0.3 is 20.1 Å². The van der Waals surface area contributed by atoms with Crippen LogP contribution in [0.2, 0.25) is 5.02 Å². The maximum Gasteiger partial charge on any atom is 0.321 e. The average molecular weight is 349 g/mol. The van der Waals surface area contributed by atoms with Crippen LogP contribution < -0.4 is 5.32 Å². The quantitative estimate of drug-likeness (QED) is 0.806. The fraction of sp³-hybridized carbons (Fsp3) is 0.278. The lowest BCUT2D eigenvalue weighted by Gasteiger charge is -2.21. The summed E-state index contributed by atoms with van der Waals surface area (Å²) in [4.78, 5) is 13.5. The molecule has 6 heteroatoms.